The van der Waals surface area contributed by atoms with E-state index in [9.17, 15) is 4.79 Å². The predicted molar refractivity (Wildman–Crippen MR) is 75.0 cm³/mol. The minimum Gasteiger partial charge on any atom is -0.484 e. The Balaban J connectivity index is 1.49. The van der Waals surface area contributed by atoms with Crippen LogP contribution in [0, 0.1) is 13.8 Å². The maximum Gasteiger partial charge on any atom is 0.260 e. The highest BCUT2D eigenvalue weighted by molar-refractivity contribution is 5.78. The molecule has 0 N–H and O–H groups in total. The van der Waals surface area contributed by atoms with Crippen molar-refractivity contribution < 1.29 is 14.1 Å². The molecule has 1 aromatic carbocycles. The number of hydrogen-bond acceptors (Lipinski definition) is 5. The molecule has 0 unspecified atom stereocenters. The van der Waals surface area contributed by atoms with E-state index >= 15 is 0 Å². The summed E-state index contributed by atoms with van der Waals surface area (Å²) in [4.78, 5) is 17.9. The smallest absolute Gasteiger partial charge is 0.260 e. The van der Waals surface area contributed by atoms with Crippen molar-refractivity contribution in [3.63, 3.8) is 0 Å². The van der Waals surface area contributed by atoms with E-state index in [1.54, 1.807) is 11.8 Å². The number of para-hydroxylation sites is 1. The molecule has 1 aliphatic heterocycles. The second-order valence-corrected chi connectivity index (χ2v) is 5.23. The normalized spacial score (nSPS) is 14.9. The predicted octanol–water partition coefficient (Wildman–Crippen LogP) is 1.69. The average molecular weight is 287 g/mol. The lowest BCUT2D eigenvalue weighted by Crippen LogP contribution is -2.50. The Labute approximate surface area is 122 Å². The van der Waals surface area contributed by atoms with Crippen LogP contribution in [0.1, 0.15) is 23.2 Å². The summed E-state index contributed by atoms with van der Waals surface area (Å²) in [6.07, 6.45) is 0. The zero-order valence-electron chi connectivity index (χ0n) is 12.1. The summed E-state index contributed by atoms with van der Waals surface area (Å²) in [6.45, 7) is 5.01. The first-order valence-corrected chi connectivity index (χ1v) is 6.90. The lowest BCUT2D eigenvalue weighted by molar-refractivity contribution is -0.138. The zero-order chi connectivity index (χ0) is 14.8. The van der Waals surface area contributed by atoms with Gasteiger partial charge in [-0.2, -0.15) is 4.98 Å². The van der Waals surface area contributed by atoms with E-state index in [4.69, 9.17) is 9.26 Å². The molecule has 0 radical (unpaired) electrons. The van der Waals surface area contributed by atoms with E-state index in [0.29, 0.717) is 24.8 Å². The van der Waals surface area contributed by atoms with Crippen LogP contribution in [-0.2, 0) is 4.79 Å². The van der Waals surface area contributed by atoms with Crippen molar-refractivity contribution >= 4 is 5.91 Å². The fourth-order valence-corrected chi connectivity index (χ4v) is 2.27. The van der Waals surface area contributed by atoms with Gasteiger partial charge in [-0.1, -0.05) is 23.4 Å². The Morgan fingerprint density at radius 3 is 2.81 bits per heavy atom. The number of rotatable bonds is 4. The van der Waals surface area contributed by atoms with Crippen LogP contribution in [0.2, 0.25) is 0 Å². The number of amides is 1. The Bertz CT molecular complexity index is 647. The average Bonchev–Trinajstić information content (AvgIpc) is 2.82. The van der Waals surface area contributed by atoms with Crippen molar-refractivity contribution in [1.82, 2.24) is 15.0 Å². The standard InChI is InChI=1S/C15H17N3O3/c1-10-5-3-4-6-13(10)20-9-14(19)18-7-12(8-18)15-16-11(2)17-21-15/h3-6,12H,7-9H2,1-2H3. The van der Waals surface area contributed by atoms with Gasteiger partial charge >= 0.3 is 0 Å². The molecule has 0 saturated carbocycles. The van der Waals surface area contributed by atoms with Gasteiger partial charge in [-0.15, -0.1) is 0 Å². The molecule has 21 heavy (non-hydrogen) atoms. The van der Waals surface area contributed by atoms with Gasteiger partial charge < -0.3 is 14.2 Å². The van der Waals surface area contributed by atoms with Crippen LogP contribution in [0.3, 0.4) is 0 Å². The molecule has 0 spiro atoms. The van der Waals surface area contributed by atoms with Crippen LogP contribution < -0.4 is 4.74 Å². The highest BCUT2D eigenvalue weighted by Crippen LogP contribution is 2.26. The number of aryl methyl sites for hydroxylation is 2. The van der Waals surface area contributed by atoms with Gasteiger partial charge in [0.15, 0.2) is 12.4 Å². The fourth-order valence-electron chi connectivity index (χ4n) is 2.27. The molecular formula is C15H17N3O3. The minimum absolute atomic E-state index is 0.0225. The summed E-state index contributed by atoms with van der Waals surface area (Å²) < 4.78 is 10.7. The van der Waals surface area contributed by atoms with Crippen LogP contribution >= 0.6 is 0 Å². The SMILES string of the molecule is Cc1noc(C2CN(C(=O)COc3ccccc3C)C2)n1. The summed E-state index contributed by atoms with van der Waals surface area (Å²) in [7, 11) is 0. The van der Waals surface area contributed by atoms with Crippen molar-refractivity contribution in [2.24, 2.45) is 0 Å². The number of benzene rings is 1. The molecule has 2 aromatic rings. The second kappa shape index (κ2) is 5.55. The number of aromatic nitrogens is 2. The Morgan fingerprint density at radius 1 is 1.38 bits per heavy atom. The van der Waals surface area contributed by atoms with Gasteiger partial charge in [0.25, 0.3) is 5.91 Å². The molecule has 1 aromatic heterocycles. The fraction of sp³-hybridized carbons (Fsp3) is 0.400. The van der Waals surface area contributed by atoms with E-state index in [-0.39, 0.29) is 18.4 Å². The molecule has 0 atom stereocenters. The molecule has 1 saturated heterocycles. The summed E-state index contributed by atoms with van der Waals surface area (Å²) in [5, 5.41) is 3.76. The summed E-state index contributed by atoms with van der Waals surface area (Å²) in [6, 6.07) is 7.65. The summed E-state index contributed by atoms with van der Waals surface area (Å²) in [5.74, 6) is 2.10. The van der Waals surface area contributed by atoms with E-state index in [1.807, 2.05) is 31.2 Å². The van der Waals surface area contributed by atoms with Crippen molar-refractivity contribution in [3.05, 3.63) is 41.5 Å². The first kappa shape index (κ1) is 13.6. The third-order valence-corrected chi connectivity index (χ3v) is 3.57. The van der Waals surface area contributed by atoms with Crippen LogP contribution in [-0.4, -0.2) is 40.6 Å². The number of hydrogen-bond donors (Lipinski definition) is 0. The van der Waals surface area contributed by atoms with E-state index < -0.39 is 0 Å². The van der Waals surface area contributed by atoms with Crippen molar-refractivity contribution in [1.29, 1.82) is 0 Å². The number of carbonyl (C=O) groups excluding carboxylic acids is 1. The van der Waals surface area contributed by atoms with Gasteiger partial charge in [-0.3, -0.25) is 4.79 Å². The lowest BCUT2D eigenvalue weighted by Gasteiger charge is -2.36. The van der Waals surface area contributed by atoms with E-state index in [1.165, 1.54) is 0 Å². The molecular weight excluding hydrogens is 270 g/mol. The summed E-state index contributed by atoms with van der Waals surface area (Å²) >= 11 is 0. The Kier molecular flexibility index (Phi) is 3.60. The third kappa shape index (κ3) is 2.89. The first-order chi connectivity index (χ1) is 10.1. The van der Waals surface area contributed by atoms with Crippen molar-refractivity contribution in [2.45, 2.75) is 19.8 Å². The molecule has 1 amide bonds. The maximum atomic E-state index is 12.0. The van der Waals surface area contributed by atoms with Crippen molar-refractivity contribution in [2.75, 3.05) is 19.7 Å². The summed E-state index contributed by atoms with van der Waals surface area (Å²) in [5.41, 5.74) is 1.02. The zero-order valence-corrected chi connectivity index (χ0v) is 12.1. The Hall–Kier alpha value is -2.37. The molecule has 1 aliphatic rings. The van der Waals surface area contributed by atoms with Gasteiger partial charge in [0.2, 0.25) is 5.89 Å². The van der Waals surface area contributed by atoms with Gasteiger partial charge in [-0.05, 0) is 25.5 Å². The van der Waals surface area contributed by atoms with Gasteiger partial charge in [0, 0.05) is 13.1 Å². The molecule has 110 valence electrons. The molecule has 2 heterocycles. The quantitative estimate of drug-likeness (QED) is 0.856. The molecule has 0 aliphatic carbocycles. The molecule has 3 rings (SSSR count). The molecule has 0 bridgehead atoms. The van der Waals surface area contributed by atoms with E-state index in [0.717, 1.165) is 11.3 Å². The molecule has 6 heteroatoms. The van der Waals surface area contributed by atoms with Crippen LogP contribution in [0.5, 0.6) is 5.75 Å². The van der Waals surface area contributed by atoms with Crippen LogP contribution in [0.4, 0.5) is 0 Å². The monoisotopic (exact) mass is 287 g/mol. The van der Waals surface area contributed by atoms with Gasteiger partial charge in [0.05, 0.1) is 5.92 Å². The number of likely N-dealkylation sites (tertiary alicyclic amines) is 1. The topological polar surface area (TPSA) is 68.5 Å². The van der Waals surface area contributed by atoms with Gasteiger partial charge in [0.1, 0.15) is 5.75 Å². The van der Waals surface area contributed by atoms with Gasteiger partial charge in [-0.25, -0.2) is 0 Å². The van der Waals surface area contributed by atoms with Crippen LogP contribution in [0.15, 0.2) is 28.8 Å². The van der Waals surface area contributed by atoms with Crippen LogP contribution in [0.25, 0.3) is 0 Å². The number of nitrogens with zero attached hydrogens (tertiary/aromatic N) is 3. The van der Waals surface area contributed by atoms with E-state index in [2.05, 4.69) is 10.1 Å². The third-order valence-electron chi connectivity index (χ3n) is 3.57. The lowest BCUT2D eigenvalue weighted by atomic mass is 10.0. The minimum atomic E-state index is -0.0225. The maximum absolute atomic E-state index is 12.0. The Morgan fingerprint density at radius 2 is 2.14 bits per heavy atom. The second-order valence-electron chi connectivity index (χ2n) is 5.23. The molecule has 6 nitrogen and oxygen atoms in total. The highest BCUT2D eigenvalue weighted by atomic mass is 16.5. The first-order valence-electron chi connectivity index (χ1n) is 6.90. The largest absolute Gasteiger partial charge is 0.484 e. The number of carbonyl (C=O) groups is 1. The molecule has 1 fully saturated rings. The number of ether oxygens (including phenoxy) is 1. The highest BCUT2D eigenvalue weighted by Gasteiger charge is 2.35. The van der Waals surface area contributed by atoms with Crippen molar-refractivity contribution in [3.8, 4) is 5.75 Å².